The van der Waals surface area contributed by atoms with E-state index in [2.05, 4.69) is 55.0 Å². The molecule has 0 aliphatic heterocycles. The van der Waals surface area contributed by atoms with E-state index in [1.54, 1.807) is 0 Å². The fraction of sp³-hybridized carbons (Fsp3) is 0.938. The predicted molar refractivity (Wildman–Crippen MR) is 140 cm³/mol. The molecule has 188 valence electrons. The molecule has 33 heavy (non-hydrogen) atoms. The fourth-order valence-corrected chi connectivity index (χ4v) is 11.8. The number of aliphatic hydroxyl groups excluding tert-OH is 1. The van der Waals surface area contributed by atoms with Crippen LogP contribution in [0.15, 0.2) is 12.2 Å². The molecule has 0 amide bonds. The van der Waals surface area contributed by atoms with Gasteiger partial charge in [-0.05, 0) is 141 Å². The van der Waals surface area contributed by atoms with Gasteiger partial charge in [0.15, 0.2) is 0 Å². The summed E-state index contributed by atoms with van der Waals surface area (Å²) in [7, 11) is 0. The van der Waals surface area contributed by atoms with E-state index in [0.717, 1.165) is 30.1 Å². The molecule has 5 fully saturated rings. The highest BCUT2D eigenvalue weighted by Crippen LogP contribution is 2.89. The highest BCUT2D eigenvalue weighted by atomic mass is 16.3. The van der Waals surface area contributed by atoms with E-state index in [9.17, 15) is 5.11 Å². The quantitative estimate of drug-likeness (QED) is 0.397. The maximum atomic E-state index is 10.9. The minimum Gasteiger partial charge on any atom is -0.393 e. The van der Waals surface area contributed by atoms with E-state index in [1.807, 2.05) is 0 Å². The normalized spacial score (nSPS) is 51.5. The summed E-state index contributed by atoms with van der Waals surface area (Å²) in [6, 6.07) is 0. The van der Waals surface area contributed by atoms with Crippen LogP contribution in [-0.4, -0.2) is 11.2 Å². The van der Waals surface area contributed by atoms with Gasteiger partial charge in [-0.25, -0.2) is 0 Å². The van der Waals surface area contributed by atoms with Crippen molar-refractivity contribution in [3.05, 3.63) is 12.2 Å². The standard InChI is InChI=1S/C32H54O/c1-9-23(21(2)3)11-10-22(4)24-14-16-30(8)26-13-12-25-28(5,6)27(33)15-17-31(25)20-32(26,31)19-18-29(24,30)7/h22-27,33H,2,9-20H2,1,3-8H3/t22-,23?,24-,25+,26+,27+,29-,30+,31-,32+/m1/s1. The summed E-state index contributed by atoms with van der Waals surface area (Å²) in [6.07, 6.45) is 16.4. The molecule has 1 heteroatoms. The van der Waals surface area contributed by atoms with Crippen molar-refractivity contribution in [3.8, 4) is 0 Å². The van der Waals surface area contributed by atoms with Crippen molar-refractivity contribution in [1.29, 1.82) is 0 Å². The van der Waals surface area contributed by atoms with Crippen LogP contribution in [0, 0.1) is 56.7 Å². The Hall–Kier alpha value is -0.300. The minimum absolute atomic E-state index is 0.0883. The maximum absolute atomic E-state index is 10.9. The molecule has 1 unspecified atom stereocenters. The van der Waals surface area contributed by atoms with Gasteiger partial charge in [0.25, 0.3) is 0 Å². The molecule has 0 heterocycles. The first-order valence-electron chi connectivity index (χ1n) is 14.7. The summed E-state index contributed by atoms with van der Waals surface area (Å²) in [5.74, 6) is 4.14. The monoisotopic (exact) mass is 454 g/mol. The van der Waals surface area contributed by atoms with Crippen LogP contribution < -0.4 is 0 Å². The van der Waals surface area contributed by atoms with Gasteiger partial charge >= 0.3 is 0 Å². The zero-order valence-corrected chi connectivity index (χ0v) is 23.1. The summed E-state index contributed by atoms with van der Waals surface area (Å²) < 4.78 is 0. The first-order valence-corrected chi connectivity index (χ1v) is 14.7. The van der Waals surface area contributed by atoms with Crippen LogP contribution in [0.25, 0.3) is 0 Å². The van der Waals surface area contributed by atoms with Gasteiger partial charge in [-0.1, -0.05) is 53.7 Å². The van der Waals surface area contributed by atoms with Gasteiger partial charge in [0, 0.05) is 0 Å². The highest BCUT2D eigenvalue weighted by molar-refractivity contribution is 5.30. The van der Waals surface area contributed by atoms with E-state index in [0.29, 0.717) is 27.6 Å². The SMILES string of the molecule is C=C(C)C(CC)CC[C@@H](C)[C@H]1CC[C@@]2(C)[C@@H]3CC[C@H]4C(C)(C)[C@@H](O)CC[C@@]45C[C@@]35CC[C@]12C. The summed E-state index contributed by atoms with van der Waals surface area (Å²) in [4.78, 5) is 0. The third-order valence-electron chi connectivity index (χ3n) is 14.0. The Morgan fingerprint density at radius 1 is 0.879 bits per heavy atom. The number of hydrogen-bond donors (Lipinski definition) is 1. The molecule has 5 aliphatic rings. The smallest absolute Gasteiger partial charge is 0.0594 e. The van der Waals surface area contributed by atoms with E-state index in [-0.39, 0.29) is 11.5 Å². The lowest BCUT2D eigenvalue weighted by Gasteiger charge is -2.63. The molecule has 5 saturated carbocycles. The molecular formula is C32H54O. The van der Waals surface area contributed by atoms with Crippen molar-refractivity contribution in [3.63, 3.8) is 0 Å². The Morgan fingerprint density at radius 3 is 2.21 bits per heavy atom. The summed E-state index contributed by atoms with van der Waals surface area (Å²) >= 11 is 0. The third kappa shape index (κ3) is 2.99. The number of allylic oxidation sites excluding steroid dienone is 1. The molecule has 0 radical (unpaired) electrons. The minimum atomic E-state index is -0.0883. The second kappa shape index (κ2) is 7.60. The van der Waals surface area contributed by atoms with Gasteiger partial charge in [-0.2, -0.15) is 0 Å². The van der Waals surface area contributed by atoms with Crippen molar-refractivity contribution >= 4 is 0 Å². The Kier molecular flexibility index (Phi) is 5.62. The van der Waals surface area contributed by atoms with Crippen molar-refractivity contribution in [2.45, 2.75) is 132 Å². The number of rotatable bonds is 6. The van der Waals surface area contributed by atoms with Gasteiger partial charge < -0.3 is 5.11 Å². The van der Waals surface area contributed by atoms with Gasteiger partial charge in [-0.15, -0.1) is 0 Å². The lowest BCUT2D eigenvalue weighted by atomic mass is 9.41. The molecular weight excluding hydrogens is 400 g/mol. The molecule has 0 aromatic heterocycles. The lowest BCUT2D eigenvalue weighted by Crippen LogP contribution is -2.57. The van der Waals surface area contributed by atoms with Crippen LogP contribution in [-0.2, 0) is 0 Å². The molecule has 0 aromatic carbocycles. The largest absolute Gasteiger partial charge is 0.393 e. The average molecular weight is 455 g/mol. The Morgan fingerprint density at radius 2 is 1.55 bits per heavy atom. The van der Waals surface area contributed by atoms with E-state index in [1.165, 1.54) is 76.2 Å². The molecule has 0 aromatic rings. The molecule has 5 rings (SSSR count). The van der Waals surface area contributed by atoms with Crippen LogP contribution in [0.2, 0.25) is 0 Å². The molecule has 5 aliphatic carbocycles. The van der Waals surface area contributed by atoms with Crippen molar-refractivity contribution in [1.82, 2.24) is 0 Å². The van der Waals surface area contributed by atoms with Crippen LogP contribution in [0.1, 0.15) is 126 Å². The van der Waals surface area contributed by atoms with Crippen molar-refractivity contribution in [2.24, 2.45) is 56.7 Å². The van der Waals surface area contributed by atoms with Crippen LogP contribution >= 0.6 is 0 Å². The van der Waals surface area contributed by atoms with Crippen LogP contribution in [0.4, 0.5) is 0 Å². The zero-order valence-electron chi connectivity index (χ0n) is 23.1. The molecule has 0 bridgehead atoms. The van der Waals surface area contributed by atoms with Gasteiger partial charge in [0.2, 0.25) is 0 Å². The first kappa shape index (κ1) is 24.4. The van der Waals surface area contributed by atoms with E-state index in [4.69, 9.17) is 0 Å². The van der Waals surface area contributed by atoms with Gasteiger partial charge in [0.1, 0.15) is 0 Å². The number of aliphatic hydroxyl groups is 1. The van der Waals surface area contributed by atoms with Gasteiger partial charge in [0.05, 0.1) is 6.10 Å². The Bertz CT molecular complexity index is 796. The Labute approximate surface area is 205 Å². The van der Waals surface area contributed by atoms with Gasteiger partial charge in [-0.3, -0.25) is 0 Å². The summed E-state index contributed by atoms with van der Waals surface area (Å²) in [5, 5.41) is 10.9. The molecule has 0 saturated heterocycles. The number of hydrogen-bond acceptors (Lipinski definition) is 1. The van der Waals surface area contributed by atoms with E-state index < -0.39 is 0 Å². The average Bonchev–Trinajstić information content (AvgIpc) is 3.34. The molecule has 10 atom stereocenters. The molecule has 1 N–H and O–H groups in total. The number of fused-ring (bicyclic) bond motifs is 2. The summed E-state index contributed by atoms with van der Waals surface area (Å²) in [6.45, 7) is 21.7. The van der Waals surface area contributed by atoms with E-state index >= 15 is 0 Å². The maximum Gasteiger partial charge on any atom is 0.0594 e. The topological polar surface area (TPSA) is 20.2 Å². The zero-order chi connectivity index (χ0) is 24.0. The Balaban J connectivity index is 1.37. The lowest BCUT2D eigenvalue weighted by molar-refractivity contribution is -0.161. The third-order valence-corrected chi connectivity index (χ3v) is 14.0. The van der Waals surface area contributed by atoms with Crippen LogP contribution in [0.3, 0.4) is 0 Å². The van der Waals surface area contributed by atoms with Crippen molar-refractivity contribution in [2.75, 3.05) is 0 Å². The fourth-order valence-electron chi connectivity index (χ4n) is 11.8. The second-order valence-electron chi connectivity index (χ2n) is 15.0. The summed E-state index contributed by atoms with van der Waals surface area (Å²) in [5.41, 5.74) is 3.74. The molecule has 1 nitrogen and oxygen atoms in total. The first-order chi connectivity index (χ1) is 15.4. The second-order valence-corrected chi connectivity index (χ2v) is 15.0. The molecule has 2 spiro atoms. The van der Waals surface area contributed by atoms with Crippen molar-refractivity contribution < 1.29 is 5.11 Å². The predicted octanol–water partition coefficient (Wildman–Crippen LogP) is 8.81. The highest BCUT2D eigenvalue weighted by Gasteiger charge is 2.82. The van der Waals surface area contributed by atoms with Crippen LogP contribution in [0.5, 0.6) is 0 Å².